The highest BCUT2D eigenvalue weighted by Crippen LogP contribution is 2.31. The molecule has 2 N–H and O–H groups in total. The normalized spacial score (nSPS) is 20.8. The Kier molecular flexibility index (Phi) is 6.85. The Morgan fingerprint density at radius 2 is 2.25 bits per heavy atom. The van der Waals surface area contributed by atoms with Gasteiger partial charge in [-0.3, -0.25) is 0 Å². The van der Waals surface area contributed by atoms with E-state index in [1.54, 1.807) is 0 Å². The van der Waals surface area contributed by atoms with E-state index in [-0.39, 0.29) is 25.0 Å². The molecule has 1 fully saturated rings. The molecule has 1 aromatic carbocycles. The zero-order valence-corrected chi connectivity index (χ0v) is 13.6. The fourth-order valence-electron chi connectivity index (χ4n) is 2.41. The number of benzene rings is 1. The average molecular weight is 348 g/mol. The Labute approximate surface area is 139 Å². The number of nitrogens with one attached hydrogen (secondary N) is 1. The second kappa shape index (κ2) is 8.66. The van der Waals surface area contributed by atoms with Crippen molar-refractivity contribution in [3.63, 3.8) is 0 Å². The molecule has 1 aliphatic heterocycles. The van der Waals surface area contributed by atoms with Crippen molar-refractivity contribution in [3.05, 3.63) is 29.8 Å². The van der Waals surface area contributed by atoms with Crippen molar-refractivity contribution in [2.45, 2.75) is 18.4 Å². The first kappa shape index (κ1) is 19.0. The van der Waals surface area contributed by atoms with Gasteiger partial charge in [0, 0.05) is 26.2 Å². The fraction of sp³-hybridized carbons (Fsp3) is 0.625. The lowest BCUT2D eigenvalue weighted by atomic mass is 10.2. The Bertz CT molecular complexity index is 514. The van der Waals surface area contributed by atoms with Crippen LogP contribution in [-0.2, 0) is 10.9 Å². The highest BCUT2D eigenvalue weighted by atomic mass is 19.4. The molecule has 0 saturated carbocycles. The maximum Gasteiger partial charge on any atom is 0.416 e. The minimum atomic E-state index is -4.41. The molecule has 0 aliphatic carbocycles. The van der Waals surface area contributed by atoms with Crippen molar-refractivity contribution >= 4 is 0 Å². The van der Waals surface area contributed by atoms with E-state index in [0.717, 1.165) is 25.2 Å². The Balaban J connectivity index is 1.68. The maximum atomic E-state index is 12.6. The van der Waals surface area contributed by atoms with Gasteiger partial charge >= 0.3 is 6.18 Å². The minimum Gasteiger partial charge on any atom is -0.491 e. The molecule has 0 unspecified atom stereocenters. The van der Waals surface area contributed by atoms with Gasteiger partial charge in [-0.2, -0.15) is 13.2 Å². The SMILES string of the molecule is CN1CCO[C@H](CNC[C@@H](O)COc2cccc(C(F)(F)F)c2)C1. The molecule has 1 heterocycles. The number of rotatable bonds is 7. The van der Waals surface area contributed by atoms with Gasteiger partial charge in [0.05, 0.1) is 18.3 Å². The summed E-state index contributed by atoms with van der Waals surface area (Å²) < 4.78 is 48.6. The number of hydrogen-bond acceptors (Lipinski definition) is 5. The number of halogens is 3. The van der Waals surface area contributed by atoms with Crippen molar-refractivity contribution in [2.24, 2.45) is 0 Å². The molecule has 2 rings (SSSR count). The standard InChI is InChI=1S/C16H23F3N2O3/c1-21-5-6-23-15(10-21)9-20-8-13(22)11-24-14-4-2-3-12(7-14)16(17,18)19/h2-4,7,13,15,20,22H,5-6,8-11H2,1H3/t13-,15-/m1/s1. The van der Waals surface area contributed by atoms with E-state index >= 15 is 0 Å². The van der Waals surface area contributed by atoms with Gasteiger partial charge in [0.2, 0.25) is 0 Å². The van der Waals surface area contributed by atoms with E-state index < -0.39 is 17.8 Å². The quantitative estimate of drug-likeness (QED) is 0.779. The summed E-state index contributed by atoms with van der Waals surface area (Å²) in [5.74, 6) is 0.0844. The Morgan fingerprint density at radius 3 is 2.96 bits per heavy atom. The van der Waals surface area contributed by atoms with E-state index in [9.17, 15) is 18.3 Å². The van der Waals surface area contributed by atoms with Crippen LogP contribution in [0.25, 0.3) is 0 Å². The third-order valence-corrected chi connectivity index (χ3v) is 3.70. The number of morpholine rings is 1. The number of aliphatic hydroxyl groups excluding tert-OH is 1. The van der Waals surface area contributed by atoms with E-state index in [2.05, 4.69) is 10.2 Å². The maximum absolute atomic E-state index is 12.6. The smallest absolute Gasteiger partial charge is 0.416 e. The lowest BCUT2D eigenvalue weighted by Crippen LogP contribution is -2.46. The van der Waals surface area contributed by atoms with Crippen LogP contribution in [0.3, 0.4) is 0 Å². The zero-order chi connectivity index (χ0) is 17.6. The van der Waals surface area contributed by atoms with Gasteiger partial charge in [0.15, 0.2) is 0 Å². The minimum absolute atomic E-state index is 0.0698. The summed E-state index contributed by atoms with van der Waals surface area (Å²) in [4.78, 5) is 2.17. The monoisotopic (exact) mass is 348 g/mol. The van der Waals surface area contributed by atoms with Gasteiger partial charge < -0.3 is 24.8 Å². The number of ether oxygens (including phenoxy) is 2. The van der Waals surface area contributed by atoms with Gasteiger partial charge in [-0.1, -0.05) is 6.07 Å². The summed E-state index contributed by atoms with van der Waals surface area (Å²) in [6, 6.07) is 4.61. The first-order valence-electron chi connectivity index (χ1n) is 7.83. The first-order valence-corrected chi connectivity index (χ1v) is 7.83. The van der Waals surface area contributed by atoms with Gasteiger partial charge in [-0.25, -0.2) is 0 Å². The van der Waals surface area contributed by atoms with E-state index in [4.69, 9.17) is 9.47 Å². The van der Waals surface area contributed by atoms with Crippen molar-refractivity contribution in [1.29, 1.82) is 0 Å². The van der Waals surface area contributed by atoms with Crippen molar-refractivity contribution < 1.29 is 27.8 Å². The predicted molar refractivity (Wildman–Crippen MR) is 83.1 cm³/mol. The second-order valence-electron chi connectivity index (χ2n) is 5.90. The van der Waals surface area contributed by atoms with Crippen LogP contribution >= 0.6 is 0 Å². The molecule has 0 spiro atoms. The summed E-state index contributed by atoms with van der Waals surface area (Å²) in [7, 11) is 2.02. The lowest BCUT2D eigenvalue weighted by Gasteiger charge is -2.30. The van der Waals surface area contributed by atoms with Crippen molar-refractivity contribution in [2.75, 3.05) is 46.4 Å². The third-order valence-electron chi connectivity index (χ3n) is 3.70. The number of aliphatic hydroxyl groups is 1. The molecule has 136 valence electrons. The topological polar surface area (TPSA) is 54.0 Å². The van der Waals surface area contributed by atoms with Crippen LogP contribution in [0.15, 0.2) is 24.3 Å². The molecule has 1 saturated heterocycles. The molecule has 0 amide bonds. The van der Waals surface area contributed by atoms with Crippen molar-refractivity contribution in [3.8, 4) is 5.75 Å². The molecule has 0 aromatic heterocycles. The van der Waals surface area contributed by atoms with Crippen LogP contribution in [0.4, 0.5) is 13.2 Å². The summed E-state index contributed by atoms with van der Waals surface area (Å²) >= 11 is 0. The fourth-order valence-corrected chi connectivity index (χ4v) is 2.41. The molecular weight excluding hydrogens is 325 g/mol. The molecule has 5 nitrogen and oxygen atoms in total. The number of alkyl halides is 3. The van der Waals surface area contributed by atoms with Crippen LogP contribution in [0.1, 0.15) is 5.56 Å². The third kappa shape index (κ3) is 6.27. The average Bonchev–Trinajstić information content (AvgIpc) is 2.52. The van der Waals surface area contributed by atoms with Gasteiger partial charge in [0.25, 0.3) is 0 Å². The predicted octanol–water partition coefficient (Wildman–Crippen LogP) is 1.37. The molecule has 2 atom stereocenters. The zero-order valence-electron chi connectivity index (χ0n) is 13.6. The van der Waals surface area contributed by atoms with Crippen LogP contribution < -0.4 is 10.1 Å². The molecule has 0 radical (unpaired) electrons. The van der Waals surface area contributed by atoms with Crippen molar-refractivity contribution in [1.82, 2.24) is 10.2 Å². The molecular formula is C16H23F3N2O3. The van der Waals surface area contributed by atoms with E-state index in [1.807, 2.05) is 7.05 Å². The molecule has 1 aliphatic rings. The number of likely N-dealkylation sites (N-methyl/N-ethyl adjacent to an activating group) is 1. The highest BCUT2D eigenvalue weighted by molar-refractivity contribution is 5.30. The molecule has 1 aromatic rings. The molecule has 8 heteroatoms. The van der Waals surface area contributed by atoms with Crippen LogP contribution in [0, 0.1) is 0 Å². The van der Waals surface area contributed by atoms with Gasteiger partial charge in [-0.05, 0) is 25.2 Å². The Morgan fingerprint density at radius 1 is 1.46 bits per heavy atom. The summed E-state index contributed by atoms with van der Waals surface area (Å²) in [6.07, 6.45) is -5.16. The van der Waals surface area contributed by atoms with E-state index in [1.165, 1.54) is 12.1 Å². The lowest BCUT2D eigenvalue weighted by molar-refractivity contribution is -0.137. The van der Waals surface area contributed by atoms with Crippen LogP contribution in [0.5, 0.6) is 5.75 Å². The summed E-state index contributed by atoms with van der Waals surface area (Å²) in [6.45, 7) is 3.21. The summed E-state index contributed by atoms with van der Waals surface area (Å²) in [5, 5.41) is 12.9. The summed E-state index contributed by atoms with van der Waals surface area (Å²) in [5.41, 5.74) is -0.772. The van der Waals surface area contributed by atoms with Gasteiger partial charge in [-0.15, -0.1) is 0 Å². The number of nitrogens with zero attached hydrogens (tertiary/aromatic N) is 1. The van der Waals surface area contributed by atoms with Crippen LogP contribution in [0.2, 0.25) is 0 Å². The number of hydrogen-bond donors (Lipinski definition) is 2. The van der Waals surface area contributed by atoms with Gasteiger partial charge in [0.1, 0.15) is 18.5 Å². The van der Waals surface area contributed by atoms with E-state index in [0.29, 0.717) is 13.2 Å². The first-order chi connectivity index (χ1) is 11.3. The second-order valence-corrected chi connectivity index (χ2v) is 5.90. The molecule has 24 heavy (non-hydrogen) atoms. The van der Waals surface area contributed by atoms with Crippen LogP contribution in [-0.4, -0.2) is 68.7 Å². The largest absolute Gasteiger partial charge is 0.491 e. The highest BCUT2D eigenvalue weighted by Gasteiger charge is 2.30. The Hall–Kier alpha value is -1.35. The molecule has 0 bridgehead atoms.